The predicted octanol–water partition coefficient (Wildman–Crippen LogP) is 2.56. The Kier molecular flexibility index (Phi) is 3.57. The molecule has 0 N–H and O–H groups in total. The first kappa shape index (κ1) is 10.2. The fourth-order valence-corrected chi connectivity index (χ4v) is 2.65. The van der Waals surface area contributed by atoms with Crippen molar-refractivity contribution in [1.29, 1.82) is 0 Å². The third-order valence-electron chi connectivity index (χ3n) is 3.64. The van der Waals surface area contributed by atoms with E-state index in [0.717, 1.165) is 45.3 Å². The summed E-state index contributed by atoms with van der Waals surface area (Å²) < 4.78 is 5.30. The average Bonchev–Trinajstić information content (AvgIpc) is 2.72. The zero-order chi connectivity index (χ0) is 9.80. The van der Waals surface area contributed by atoms with Crippen LogP contribution in [0.2, 0.25) is 0 Å². The van der Waals surface area contributed by atoms with Crippen molar-refractivity contribution in [2.75, 3.05) is 13.2 Å². The van der Waals surface area contributed by atoms with Gasteiger partial charge in [-0.3, -0.25) is 4.79 Å². The van der Waals surface area contributed by atoms with Crippen molar-refractivity contribution < 1.29 is 9.53 Å². The number of Topliss-reactive ketones (excluding diaryl/α,β-unsaturated/α-hetero) is 1. The molecule has 2 heteroatoms. The second-order valence-corrected chi connectivity index (χ2v) is 4.71. The maximum atomic E-state index is 11.9. The van der Waals surface area contributed by atoms with Crippen molar-refractivity contribution in [2.24, 2.45) is 11.8 Å². The van der Waals surface area contributed by atoms with Gasteiger partial charge in [-0.25, -0.2) is 0 Å². The van der Waals surface area contributed by atoms with Crippen LogP contribution in [0.3, 0.4) is 0 Å². The second-order valence-electron chi connectivity index (χ2n) is 4.71. The molecule has 0 aromatic heterocycles. The van der Waals surface area contributed by atoms with Gasteiger partial charge in [0.15, 0.2) is 0 Å². The Labute approximate surface area is 86.0 Å². The molecule has 0 unspecified atom stereocenters. The van der Waals surface area contributed by atoms with E-state index in [-0.39, 0.29) is 0 Å². The predicted molar refractivity (Wildman–Crippen MR) is 55.1 cm³/mol. The van der Waals surface area contributed by atoms with Gasteiger partial charge in [0.2, 0.25) is 0 Å². The fraction of sp³-hybridized carbons (Fsp3) is 0.917. The average molecular weight is 196 g/mol. The van der Waals surface area contributed by atoms with Gasteiger partial charge in [0.05, 0.1) is 0 Å². The summed E-state index contributed by atoms with van der Waals surface area (Å²) >= 11 is 0. The lowest BCUT2D eigenvalue weighted by molar-refractivity contribution is -0.124. The Morgan fingerprint density at radius 1 is 1.07 bits per heavy atom. The Morgan fingerprint density at radius 2 is 1.71 bits per heavy atom. The molecule has 14 heavy (non-hydrogen) atoms. The van der Waals surface area contributed by atoms with Gasteiger partial charge in [-0.15, -0.1) is 0 Å². The van der Waals surface area contributed by atoms with E-state index in [0.29, 0.717) is 17.6 Å². The van der Waals surface area contributed by atoms with Crippen LogP contribution in [-0.2, 0) is 9.53 Å². The normalized spacial score (nSPS) is 25.4. The molecular formula is C12H20O2. The van der Waals surface area contributed by atoms with Gasteiger partial charge in [-0.2, -0.15) is 0 Å². The van der Waals surface area contributed by atoms with Gasteiger partial charge < -0.3 is 4.74 Å². The number of carbonyl (C=O) groups excluding carboxylic acids is 1. The summed E-state index contributed by atoms with van der Waals surface area (Å²) in [6.07, 6.45) is 7.86. The smallest absolute Gasteiger partial charge is 0.136 e. The number of hydrogen-bond donors (Lipinski definition) is 0. The van der Waals surface area contributed by atoms with Crippen molar-refractivity contribution in [3.05, 3.63) is 0 Å². The van der Waals surface area contributed by atoms with Crippen molar-refractivity contribution >= 4 is 5.78 Å². The summed E-state index contributed by atoms with van der Waals surface area (Å²) in [6.45, 7) is 1.73. The van der Waals surface area contributed by atoms with E-state index in [1.165, 1.54) is 12.8 Å². The van der Waals surface area contributed by atoms with E-state index < -0.39 is 0 Å². The highest BCUT2D eigenvalue weighted by atomic mass is 16.5. The standard InChI is InChI=1S/C12H20O2/c13-12(11-3-1-2-4-11)9-10-5-7-14-8-6-10/h10-11H,1-9H2. The minimum atomic E-state index is 0.415. The van der Waals surface area contributed by atoms with Crippen molar-refractivity contribution in [2.45, 2.75) is 44.9 Å². The van der Waals surface area contributed by atoms with Crippen molar-refractivity contribution in [1.82, 2.24) is 0 Å². The summed E-state index contributed by atoms with van der Waals surface area (Å²) in [6, 6.07) is 0. The molecule has 1 saturated carbocycles. The first-order valence-electron chi connectivity index (χ1n) is 5.96. The Morgan fingerprint density at radius 3 is 2.36 bits per heavy atom. The molecule has 1 aliphatic heterocycles. The van der Waals surface area contributed by atoms with E-state index in [2.05, 4.69) is 0 Å². The molecule has 1 aliphatic carbocycles. The molecule has 2 aliphatic rings. The minimum Gasteiger partial charge on any atom is -0.381 e. The SMILES string of the molecule is O=C(CC1CCOCC1)C1CCCC1. The second kappa shape index (κ2) is 4.92. The van der Waals surface area contributed by atoms with Crippen molar-refractivity contribution in [3.63, 3.8) is 0 Å². The molecule has 0 aromatic carbocycles. The van der Waals surface area contributed by atoms with E-state index in [1.807, 2.05) is 0 Å². The Hall–Kier alpha value is -0.370. The molecule has 80 valence electrons. The molecule has 0 spiro atoms. The molecule has 0 amide bonds. The highest BCUT2D eigenvalue weighted by molar-refractivity contribution is 5.81. The van der Waals surface area contributed by atoms with Gasteiger partial charge in [0.25, 0.3) is 0 Å². The van der Waals surface area contributed by atoms with Crippen LogP contribution >= 0.6 is 0 Å². The topological polar surface area (TPSA) is 26.3 Å². The first-order chi connectivity index (χ1) is 6.86. The molecule has 2 rings (SSSR count). The Balaban J connectivity index is 1.75. The fourth-order valence-electron chi connectivity index (χ4n) is 2.65. The molecule has 0 radical (unpaired) electrons. The van der Waals surface area contributed by atoms with Crippen LogP contribution < -0.4 is 0 Å². The summed E-state index contributed by atoms with van der Waals surface area (Å²) in [7, 11) is 0. The number of carbonyl (C=O) groups is 1. The minimum absolute atomic E-state index is 0.415. The van der Waals surface area contributed by atoms with Gasteiger partial charge in [0, 0.05) is 25.6 Å². The van der Waals surface area contributed by atoms with Crippen LogP contribution in [-0.4, -0.2) is 19.0 Å². The van der Waals surface area contributed by atoms with Crippen molar-refractivity contribution in [3.8, 4) is 0 Å². The molecule has 0 aromatic rings. The van der Waals surface area contributed by atoms with Crippen LogP contribution in [0.1, 0.15) is 44.9 Å². The highest BCUT2D eigenvalue weighted by Crippen LogP contribution is 2.29. The maximum Gasteiger partial charge on any atom is 0.136 e. The number of ketones is 1. The zero-order valence-electron chi connectivity index (χ0n) is 8.84. The highest BCUT2D eigenvalue weighted by Gasteiger charge is 2.25. The van der Waals surface area contributed by atoms with Crippen LogP contribution in [0.5, 0.6) is 0 Å². The molecular weight excluding hydrogens is 176 g/mol. The summed E-state index contributed by atoms with van der Waals surface area (Å²) in [4.78, 5) is 11.9. The lowest BCUT2D eigenvalue weighted by Gasteiger charge is -2.22. The number of rotatable bonds is 3. The third-order valence-corrected chi connectivity index (χ3v) is 3.64. The molecule has 1 heterocycles. The zero-order valence-corrected chi connectivity index (χ0v) is 8.84. The van der Waals surface area contributed by atoms with Gasteiger partial charge in [0.1, 0.15) is 5.78 Å². The van der Waals surface area contributed by atoms with E-state index in [9.17, 15) is 4.79 Å². The maximum absolute atomic E-state index is 11.9. The number of ether oxygens (including phenoxy) is 1. The summed E-state index contributed by atoms with van der Waals surface area (Å²) in [5.74, 6) is 1.57. The van der Waals surface area contributed by atoms with E-state index >= 15 is 0 Å². The van der Waals surface area contributed by atoms with Crippen LogP contribution in [0.4, 0.5) is 0 Å². The Bertz CT molecular complexity index is 188. The van der Waals surface area contributed by atoms with Gasteiger partial charge in [-0.1, -0.05) is 12.8 Å². The van der Waals surface area contributed by atoms with E-state index in [1.54, 1.807) is 0 Å². The first-order valence-corrected chi connectivity index (χ1v) is 5.96. The largest absolute Gasteiger partial charge is 0.381 e. The van der Waals surface area contributed by atoms with Gasteiger partial charge in [-0.05, 0) is 31.6 Å². The third kappa shape index (κ3) is 2.57. The quantitative estimate of drug-likeness (QED) is 0.693. The molecule has 0 bridgehead atoms. The molecule has 2 nitrogen and oxygen atoms in total. The molecule has 1 saturated heterocycles. The summed E-state index contributed by atoms with van der Waals surface area (Å²) in [5, 5.41) is 0. The molecule has 0 atom stereocenters. The lowest BCUT2D eigenvalue weighted by atomic mass is 9.89. The summed E-state index contributed by atoms with van der Waals surface area (Å²) in [5.41, 5.74) is 0. The van der Waals surface area contributed by atoms with Gasteiger partial charge >= 0.3 is 0 Å². The van der Waals surface area contributed by atoms with Crippen LogP contribution in [0, 0.1) is 11.8 Å². The molecule has 2 fully saturated rings. The van der Waals surface area contributed by atoms with E-state index in [4.69, 9.17) is 4.74 Å². The number of hydrogen-bond acceptors (Lipinski definition) is 2. The monoisotopic (exact) mass is 196 g/mol. The lowest BCUT2D eigenvalue weighted by Crippen LogP contribution is -2.21. The van der Waals surface area contributed by atoms with Crippen LogP contribution in [0.15, 0.2) is 0 Å². The van der Waals surface area contributed by atoms with Crippen LogP contribution in [0.25, 0.3) is 0 Å².